The van der Waals surface area contributed by atoms with Gasteiger partial charge >= 0.3 is 0 Å². The molecule has 0 saturated heterocycles. The highest BCUT2D eigenvalue weighted by Gasteiger charge is 2.12. The molecule has 0 fully saturated rings. The second kappa shape index (κ2) is 10.1. The van der Waals surface area contributed by atoms with Crippen molar-refractivity contribution in [1.29, 1.82) is 0 Å². The van der Waals surface area contributed by atoms with E-state index in [1.165, 1.54) is 5.56 Å². The van der Waals surface area contributed by atoms with Gasteiger partial charge in [-0.25, -0.2) is 4.98 Å². The van der Waals surface area contributed by atoms with Gasteiger partial charge in [0.1, 0.15) is 0 Å². The van der Waals surface area contributed by atoms with Crippen molar-refractivity contribution in [3.8, 4) is 22.6 Å². The lowest BCUT2D eigenvalue weighted by atomic mass is 10.1. The first-order chi connectivity index (χ1) is 15.6. The molecule has 2 aromatic heterocycles. The van der Waals surface area contributed by atoms with Gasteiger partial charge in [-0.2, -0.15) is 5.10 Å². The SMILES string of the molecule is Cc1ccc(-c2cnc(CCC(=O)N(C)CCCc3cc(-c4ccccc4)n[nH]3)o2)cc1. The van der Waals surface area contributed by atoms with Gasteiger partial charge in [0.2, 0.25) is 5.91 Å². The monoisotopic (exact) mass is 428 g/mol. The summed E-state index contributed by atoms with van der Waals surface area (Å²) >= 11 is 0. The first-order valence-electron chi connectivity index (χ1n) is 10.9. The van der Waals surface area contributed by atoms with E-state index in [9.17, 15) is 4.79 Å². The summed E-state index contributed by atoms with van der Waals surface area (Å²) in [6.45, 7) is 2.74. The number of amides is 1. The summed E-state index contributed by atoms with van der Waals surface area (Å²) in [5, 5.41) is 7.49. The third-order valence-electron chi connectivity index (χ3n) is 5.51. The number of carbonyl (C=O) groups excluding carboxylic acids is 1. The summed E-state index contributed by atoms with van der Waals surface area (Å²) in [5.74, 6) is 1.41. The Hall–Kier alpha value is -3.67. The fourth-order valence-corrected chi connectivity index (χ4v) is 3.56. The smallest absolute Gasteiger partial charge is 0.222 e. The van der Waals surface area contributed by atoms with Crippen molar-refractivity contribution < 1.29 is 9.21 Å². The van der Waals surface area contributed by atoms with Gasteiger partial charge in [0.05, 0.1) is 11.9 Å². The van der Waals surface area contributed by atoms with E-state index in [-0.39, 0.29) is 5.91 Å². The topological polar surface area (TPSA) is 75.0 Å². The Balaban J connectivity index is 1.21. The number of aryl methyl sites for hydroxylation is 3. The minimum atomic E-state index is 0.0923. The zero-order valence-electron chi connectivity index (χ0n) is 18.5. The van der Waals surface area contributed by atoms with Gasteiger partial charge in [0.25, 0.3) is 0 Å². The largest absolute Gasteiger partial charge is 0.441 e. The Morgan fingerprint density at radius 1 is 1.03 bits per heavy atom. The molecule has 2 aromatic carbocycles. The second-order valence-electron chi connectivity index (χ2n) is 8.05. The van der Waals surface area contributed by atoms with Gasteiger partial charge in [-0.3, -0.25) is 9.89 Å². The number of hydrogen-bond acceptors (Lipinski definition) is 4. The predicted molar refractivity (Wildman–Crippen MR) is 125 cm³/mol. The zero-order valence-corrected chi connectivity index (χ0v) is 18.5. The highest BCUT2D eigenvalue weighted by molar-refractivity contribution is 5.76. The summed E-state index contributed by atoms with van der Waals surface area (Å²) in [4.78, 5) is 18.6. The summed E-state index contributed by atoms with van der Waals surface area (Å²) < 4.78 is 5.82. The number of carbonyl (C=O) groups is 1. The van der Waals surface area contributed by atoms with Crippen molar-refractivity contribution in [3.05, 3.63) is 84.0 Å². The molecule has 1 amide bonds. The Kier molecular flexibility index (Phi) is 6.80. The number of benzene rings is 2. The molecule has 164 valence electrons. The average Bonchev–Trinajstić information content (AvgIpc) is 3.48. The number of nitrogens with zero attached hydrogens (tertiary/aromatic N) is 3. The first kappa shape index (κ1) is 21.6. The molecule has 2 heterocycles. The lowest BCUT2D eigenvalue weighted by Gasteiger charge is -2.16. The second-order valence-corrected chi connectivity index (χ2v) is 8.05. The Morgan fingerprint density at radius 2 is 1.81 bits per heavy atom. The van der Waals surface area contributed by atoms with Crippen LogP contribution in [0.15, 0.2) is 71.3 Å². The predicted octanol–water partition coefficient (Wildman–Crippen LogP) is 5.06. The first-order valence-corrected chi connectivity index (χ1v) is 10.9. The van der Waals surface area contributed by atoms with Crippen LogP contribution in [-0.2, 0) is 17.6 Å². The Labute approximate surface area is 188 Å². The maximum Gasteiger partial charge on any atom is 0.222 e. The molecule has 32 heavy (non-hydrogen) atoms. The van der Waals surface area contributed by atoms with Crippen molar-refractivity contribution in [3.63, 3.8) is 0 Å². The number of aromatic nitrogens is 3. The van der Waals surface area contributed by atoms with E-state index >= 15 is 0 Å². The van der Waals surface area contributed by atoms with Gasteiger partial charge in [-0.1, -0.05) is 60.2 Å². The molecule has 0 spiro atoms. The van der Waals surface area contributed by atoms with Crippen molar-refractivity contribution in [2.75, 3.05) is 13.6 Å². The number of rotatable bonds is 9. The van der Waals surface area contributed by atoms with Crippen LogP contribution in [-0.4, -0.2) is 39.6 Å². The third-order valence-corrected chi connectivity index (χ3v) is 5.51. The minimum absolute atomic E-state index is 0.0923. The number of H-pyrrole nitrogens is 1. The normalized spacial score (nSPS) is 10.9. The molecule has 6 heteroatoms. The summed E-state index contributed by atoms with van der Waals surface area (Å²) in [6, 6.07) is 20.3. The molecule has 0 aliphatic rings. The number of nitrogens with one attached hydrogen (secondary N) is 1. The lowest BCUT2D eigenvalue weighted by molar-refractivity contribution is -0.130. The van der Waals surface area contributed by atoms with Crippen molar-refractivity contribution in [2.45, 2.75) is 32.6 Å². The Bertz CT molecular complexity index is 1150. The number of oxazole rings is 1. The highest BCUT2D eigenvalue weighted by atomic mass is 16.4. The molecule has 0 saturated carbocycles. The fourth-order valence-electron chi connectivity index (χ4n) is 3.56. The van der Waals surface area contributed by atoms with Crippen molar-refractivity contribution in [2.24, 2.45) is 0 Å². The molecule has 0 bridgehead atoms. The standard InChI is InChI=1S/C26H28N4O2/c1-19-10-12-21(13-11-19)24-18-27-25(32-24)14-15-26(31)30(2)16-6-9-22-17-23(29-28-22)20-7-4-3-5-8-20/h3-5,7-8,10-13,17-18H,6,9,14-16H2,1-2H3,(H,28,29). The maximum absolute atomic E-state index is 12.5. The van der Waals surface area contributed by atoms with E-state index in [2.05, 4.69) is 28.2 Å². The van der Waals surface area contributed by atoms with Gasteiger partial charge in [-0.15, -0.1) is 0 Å². The molecule has 1 N–H and O–H groups in total. The van der Waals surface area contributed by atoms with Gasteiger partial charge in [0.15, 0.2) is 11.7 Å². The molecular formula is C26H28N4O2. The van der Waals surface area contributed by atoms with Crippen LogP contribution in [0.5, 0.6) is 0 Å². The van der Waals surface area contributed by atoms with Gasteiger partial charge in [0, 0.05) is 43.3 Å². The van der Waals surface area contributed by atoms with E-state index < -0.39 is 0 Å². The summed E-state index contributed by atoms with van der Waals surface area (Å²) in [5.41, 5.74) is 5.31. The van der Waals surface area contributed by atoms with Crippen molar-refractivity contribution in [1.82, 2.24) is 20.1 Å². The van der Waals surface area contributed by atoms with Crippen LogP contribution in [0.25, 0.3) is 22.6 Å². The van der Waals surface area contributed by atoms with Gasteiger partial charge < -0.3 is 9.32 Å². The molecule has 6 nitrogen and oxygen atoms in total. The van der Waals surface area contributed by atoms with Crippen LogP contribution in [0.2, 0.25) is 0 Å². The average molecular weight is 429 g/mol. The van der Waals surface area contributed by atoms with Gasteiger partial charge in [-0.05, 0) is 25.8 Å². The van der Waals surface area contributed by atoms with E-state index in [1.54, 1.807) is 11.1 Å². The quantitative estimate of drug-likeness (QED) is 0.404. The van der Waals surface area contributed by atoms with E-state index in [4.69, 9.17) is 4.42 Å². The van der Waals surface area contributed by atoms with Crippen molar-refractivity contribution >= 4 is 5.91 Å². The molecule has 4 rings (SSSR count). The zero-order chi connectivity index (χ0) is 22.3. The number of aromatic amines is 1. The molecule has 0 unspecified atom stereocenters. The molecule has 4 aromatic rings. The Morgan fingerprint density at radius 3 is 2.59 bits per heavy atom. The van der Waals surface area contributed by atoms with Crippen LogP contribution in [0.4, 0.5) is 0 Å². The summed E-state index contributed by atoms with van der Waals surface area (Å²) in [7, 11) is 1.85. The highest BCUT2D eigenvalue weighted by Crippen LogP contribution is 2.21. The fraction of sp³-hybridized carbons (Fsp3) is 0.269. The van der Waals surface area contributed by atoms with Crippen LogP contribution >= 0.6 is 0 Å². The molecule has 0 aliphatic carbocycles. The number of hydrogen-bond donors (Lipinski definition) is 1. The van der Waals surface area contributed by atoms with Crippen LogP contribution in [0.3, 0.4) is 0 Å². The summed E-state index contributed by atoms with van der Waals surface area (Å²) in [6.07, 6.45) is 4.32. The van der Waals surface area contributed by atoms with Crippen LogP contribution in [0.1, 0.15) is 30.0 Å². The maximum atomic E-state index is 12.5. The van der Waals surface area contributed by atoms with E-state index in [0.717, 1.165) is 41.1 Å². The lowest BCUT2D eigenvalue weighted by Crippen LogP contribution is -2.28. The van der Waals surface area contributed by atoms with Crippen LogP contribution < -0.4 is 0 Å². The molecular weight excluding hydrogens is 400 g/mol. The molecule has 0 atom stereocenters. The van der Waals surface area contributed by atoms with E-state index in [1.807, 2.05) is 61.6 Å². The van der Waals surface area contributed by atoms with Crippen LogP contribution in [0, 0.1) is 6.92 Å². The minimum Gasteiger partial charge on any atom is -0.441 e. The third kappa shape index (κ3) is 5.52. The molecule has 0 radical (unpaired) electrons. The van der Waals surface area contributed by atoms with E-state index in [0.29, 0.717) is 25.3 Å². The molecule has 0 aliphatic heterocycles.